The summed E-state index contributed by atoms with van der Waals surface area (Å²) < 4.78 is 7.39. The van der Waals surface area contributed by atoms with Crippen LogP contribution in [0.25, 0.3) is 5.69 Å². The summed E-state index contributed by atoms with van der Waals surface area (Å²) in [5, 5.41) is 7.42. The van der Waals surface area contributed by atoms with Crippen molar-refractivity contribution in [3.05, 3.63) is 72.3 Å². The lowest BCUT2D eigenvalue weighted by atomic mass is 10.0. The lowest BCUT2D eigenvalue weighted by molar-refractivity contribution is 0.262. The van der Waals surface area contributed by atoms with Gasteiger partial charge in [-0.25, -0.2) is 14.7 Å². The predicted molar refractivity (Wildman–Crippen MR) is 115 cm³/mol. The highest BCUT2D eigenvalue weighted by molar-refractivity contribution is 14.0. The van der Waals surface area contributed by atoms with Gasteiger partial charge in [-0.15, -0.1) is 24.0 Å². The Hall–Kier alpha value is -2.62. The monoisotopic (exact) mass is 476 g/mol. The molecule has 0 amide bonds. The molecule has 0 saturated heterocycles. The van der Waals surface area contributed by atoms with Crippen molar-refractivity contribution in [2.45, 2.75) is 19.0 Å². The second kappa shape index (κ2) is 8.85. The molecule has 0 aliphatic carbocycles. The van der Waals surface area contributed by atoms with Gasteiger partial charge in [0.1, 0.15) is 18.4 Å². The molecule has 0 spiro atoms. The third-order valence-electron chi connectivity index (χ3n) is 4.33. The zero-order valence-corrected chi connectivity index (χ0v) is 17.0. The number of benzene rings is 2. The molecule has 1 aliphatic heterocycles. The van der Waals surface area contributed by atoms with E-state index in [1.165, 1.54) is 6.33 Å². The number of ether oxygens (including phenoxy) is 1. The molecule has 27 heavy (non-hydrogen) atoms. The molecule has 0 fully saturated rings. The maximum absolute atomic E-state index is 6.09. The van der Waals surface area contributed by atoms with Gasteiger partial charge in [-0.2, -0.15) is 5.10 Å². The van der Waals surface area contributed by atoms with Crippen LogP contribution in [0.1, 0.15) is 23.6 Å². The van der Waals surface area contributed by atoms with Crippen molar-refractivity contribution in [1.29, 1.82) is 0 Å². The highest BCUT2D eigenvalue weighted by Crippen LogP contribution is 2.31. The van der Waals surface area contributed by atoms with Crippen LogP contribution in [0.2, 0.25) is 0 Å². The van der Waals surface area contributed by atoms with Gasteiger partial charge < -0.3 is 15.8 Å². The third kappa shape index (κ3) is 4.57. The standard InChI is InChI=1S/C19H20N6O.HI/c20-19(24-17-9-10-26-18-4-2-1-3-16(17)18)22-11-14-5-7-15(8-6-14)25-13-21-12-23-25;/h1-8,12-13,17H,9-11H2,(H3,20,22,24);1H. The molecule has 7 nitrogen and oxygen atoms in total. The maximum Gasteiger partial charge on any atom is 0.189 e. The van der Waals surface area contributed by atoms with E-state index in [9.17, 15) is 0 Å². The molecule has 0 bridgehead atoms. The van der Waals surface area contributed by atoms with E-state index in [1.54, 1.807) is 11.0 Å². The number of para-hydroxylation sites is 1. The number of aliphatic imine (C=N–C) groups is 1. The van der Waals surface area contributed by atoms with Crippen molar-refractivity contribution in [1.82, 2.24) is 20.1 Å². The first kappa shape index (κ1) is 19.2. The molecule has 1 aliphatic rings. The summed E-state index contributed by atoms with van der Waals surface area (Å²) in [6, 6.07) is 16.1. The molecule has 2 heterocycles. The largest absolute Gasteiger partial charge is 0.493 e. The van der Waals surface area contributed by atoms with Gasteiger partial charge in [0.15, 0.2) is 5.96 Å². The Morgan fingerprint density at radius 2 is 2.04 bits per heavy atom. The lowest BCUT2D eigenvalue weighted by Crippen LogP contribution is -2.37. The van der Waals surface area contributed by atoms with Crippen molar-refractivity contribution in [3.8, 4) is 11.4 Å². The number of guanidine groups is 1. The van der Waals surface area contributed by atoms with E-state index in [0.29, 0.717) is 19.1 Å². The molecular weight excluding hydrogens is 455 g/mol. The van der Waals surface area contributed by atoms with Crippen LogP contribution in [0, 0.1) is 0 Å². The van der Waals surface area contributed by atoms with E-state index in [1.807, 2.05) is 42.5 Å². The number of nitrogens with two attached hydrogens (primary N) is 1. The average Bonchev–Trinajstić information content (AvgIpc) is 3.22. The van der Waals surface area contributed by atoms with Crippen LogP contribution in [0.15, 0.2) is 66.2 Å². The van der Waals surface area contributed by atoms with Crippen LogP contribution >= 0.6 is 24.0 Å². The summed E-state index contributed by atoms with van der Waals surface area (Å²) in [7, 11) is 0. The number of aromatic nitrogens is 3. The Labute approximate surface area is 174 Å². The van der Waals surface area contributed by atoms with Gasteiger partial charge in [0.05, 0.1) is 24.9 Å². The van der Waals surface area contributed by atoms with E-state index < -0.39 is 0 Å². The number of nitrogens with zero attached hydrogens (tertiary/aromatic N) is 4. The highest BCUT2D eigenvalue weighted by Gasteiger charge is 2.21. The van der Waals surface area contributed by atoms with Crippen LogP contribution in [0.5, 0.6) is 5.75 Å². The van der Waals surface area contributed by atoms with Gasteiger partial charge in [-0.05, 0) is 23.8 Å². The molecule has 1 atom stereocenters. The lowest BCUT2D eigenvalue weighted by Gasteiger charge is -2.26. The zero-order chi connectivity index (χ0) is 17.8. The van der Waals surface area contributed by atoms with Crippen molar-refractivity contribution in [2.24, 2.45) is 10.7 Å². The van der Waals surface area contributed by atoms with Gasteiger partial charge in [-0.1, -0.05) is 30.3 Å². The summed E-state index contributed by atoms with van der Waals surface area (Å²) >= 11 is 0. The van der Waals surface area contributed by atoms with Gasteiger partial charge in [0.2, 0.25) is 0 Å². The van der Waals surface area contributed by atoms with Crippen molar-refractivity contribution >= 4 is 29.9 Å². The molecule has 1 unspecified atom stereocenters. The number of fused-ring (bicyclic) bond motifs is 1. The molecule has 2 aromatic carbocycles. The number of hydrogen-bond acceptors (Lipinski definition) is 4. The molecule has 140 valence electrons. The van der Waals surface area contributed by atoms with Crippen LogP contribution in [-0.2, 0) is 6.54 Å². The zero-order valence-electron chi connectivity index (χ0n) is 14.7. The smallest absolute Gasteiger partial charge is 0.189 e. The number of halogens is 1. The Bertz CT molecular complexity index is 895. The summed E-state index contributed by atoms with van der Waals surface area (Å²) in [4.78, 5) is 8.41. The molecule has 8 heteroatoms. The fourth-order valence-electron chi connectivity index (χ4n) is 2.99. The summed E-state index contributed by atoms with van der Waals surface area (Å²) in [5.41, 5.74) is 9.25. The van der Waals surface area contributed by atoms with E-state index in [0.717, 1.165) is 29.0 Å². The number of hydrogen-bond donors (Lipinski definition) is 2. The maximum atomic E-state index is 6.09. The van der Waals surface area contributed by atoms with Gasteiger partial charge in [-0.3, -0.25) is 0 Å². The highest BCUT2D eigenvalue weighted by atomic mass is 127. The van der Waals surface area contributed by atoms with E-state index in [4.69, 9.17) is 10.5 Å². The molecule has 3 aromatic rings. The second-order valence-corrected chi connectivity index (χ2v) is 6.08. The third-order valence-corrected chi connectivity index (χ3v) is 4.33. The van der Waals surface area contributed by atoms with Crippen LogP contribution in [-0.4, -0.2) is 27.3 Å². The first-order chi connectivity index (χ1) is 12.8. The van der Waals surface area contributed by atoms with E-state index in [2.05, 4.69) is 26.5 Å². The SMILES string of the molecule is I.NC(=NCc1ccc(-n2cncn2)cc1)NC1CCOc2ccccc21. The Kier molecular flexibility index (Phi) is 6.28. The summed E-state index contributed by atoms with van der Waals surface area (Å²) in [5.74, 6) is 1.35. The van der Waals surface area contributed by atoms with Crippen LogP contribution < -0.4 is 15.8 Å². The van der Waals surface area contributed by atoms with Gasteiger partial charge in [0, 0.05) is 12.0 Å². The normalized spacial score (nSPS) is 16.0. The molecular formula is C19H21IN6O. The predicted octanol–water partition coefficient (Wildman–Crippen LogP) is 2.81. The van der Waals surface area contributed by atoms with Crippen molar-refractivity contribution in [3.63, 3.8) is 0 Å². The minimum Gasteiger partial charge on any atom is -0.493 e. The topological polar surface area (TPSA) is 90.4 Å². The van der Waals surface area contributed by atoms with E-state index >= 15 is 0 Å². The fraction of sp³-hybridized carbons (Fsp3) is 0.211. The first-order valence-corrected chi connectivity index (χ1v) is 8.52. The number of rotatable bonds is 4. The van der Waals surface area contributed by atoms with Crippen molar-refractivity contribution < 1.29 is 4.74 Å². The van der Waals surface area contributed by atoms with E-state index in [-0.39, 0.29) is 30.0 Å². The minimum atomic E-state index is 0. The first-order valence-electron chi connectivity index (χ1n) is 8.52. The number of nitrogens with one attached hydrogen (secondary N) is 1. The van der Waals surface area contributed by atoms with Crippen molar-refractivity contribution in [2.75, 3.05) is 6.61 Å². The second-order valence-electron chi connectivity index (χ2n) is 6.08. The molecule has 3 N–H and O–H groups in total. The minimum absolute atomic E-state index is 0. The van der Waals surface area contributed by atoms with Crippen LogP contribution in [0.4, 0.5) is 0 Å². The Morgan fingerprint density at radius 3 is 2.81 bits per heavy atom. The van der Waals surface area contributed by atoms with Gasteiger partial charge >= 0.3 is 0 Å². The molecule has 0 radical (unpaired) electrons. The summed E-state index contributed by atoms with van der Waals surface area (Å²) in [6.45, 7) is 1.19. The quantitative estimate of drug-likeness (QED) is 0.344. The fourth-order valence-corrected chi connectivity index (χ4v) is 2.99. The average molecular weight is 476 g/mol. The molecule has 1 aromatic heterocycles. The Balaban J connectivity index is 0.00000210. The van der Waals surface area contributed by atoms with Gasteiger partial charge in [0.25, 0.3) is 0 Å². The molecule has 4 rings (SSSR count). The van der Waals surface area contributed by atoms with Crippen LogP contribution in [0.3, 0.4) is 0 Å². The molecule has 0 saturated carbocycles. The Morgan fingerprint density at radius 1 is 1.22 bits per heavy atom. The summed E-state index contributed by atoms with van der Waals surface area (Å²) in [6.07, 6.45) is 4.04.